The summed E-state index contributed by atoms with van der Waals surface area (Å²) in [7, 11) is 0. The lowest BCUT2D eigenvalue weighted by molar-refractivity contribution is 0.321. The van der Waals surface area contributed by atoms with Crippen LogP contribution in [0.25, 0.3) is 0 Å². The molecule has 0 aliphatic heterocycles. The van der Waals surface area contributed by atoms with E-state index >= 15 is 0 Å². The Hall–Kier alpha value is -2.60. The summed E-state index contributed by atoms with van der Waals surface area (Å²) in [4.78, 5) is 13.5. The van der Waals surface area contributed by atoms with E-state index in [-0.39, 0.29) is 12.1 Å². The van der Waals surface area contributed by atoms with Gasteiger partial charge in [0.1, 0.15) is 11.6 Å². The van der Waals surface area contributed by atoms with E-state index in [4.69, 9.17) is 10.5 Å². The highest BCUT2D eigenvalue weighted by Gasteiger charge is 2.08. The van der Waals surface area contributed by atoms with E-state index in [9.17, 15) is 9.18 Å². The summed E-state index contributed by atoms with van der Waals surface area (Å²) in [6.07, 6.45) is 2.46. The van der Waals surface area contributed by atoms with Crippen LogP contribution < -0.4 is 16.0 Å². The molecular formula is C19H19FN2O2S. The number of benzene rings is 1. The molecule has 130 valence electrons. The number of ether oxygens (including phenoxy) is 1. The van der Waals surface area contributed by atoms with E-state index in [1.165, 1.54) is 27.6 Å². The molecule has 0 radical (unpaired) electrons. The second kappa shape index (κ2) is 7.53. The number of thiophene rings is 1. The first-order valence-corrected chi connectivity index (χ1v) is 8.81. The van der Waals surface area contributed by atoms with E-state index < -0.39 is 5.82 Å². The number of nitrogen functional groups attached to an aromatic ring is 1. The van der Waals surface area contributed by atoms with Gasteiger partial charge in [-0.15, -0.1) is 11.3 Å². The number of anilines is 1. The number of rotatable bonds is 6. The third-order valence-electron chi connectivity index (χ3n) is 4.03. The van der Waals surface area contributed by atoms with Crippen molar-refractivity contribution in [1.29, 1.82) is 0 Å². The van der Waals surface area contributed by atoms with E-state index in [1.807, 2.05) is 18.4 Å². The predicted molar refractivity (Wildman–Crippen MR) is 98.9 cm³/mol. The SMILES string of the molecule is Cc1c(N)cc(F)cc1Cn1ccc(OCCc2cccs2)cc1=O. The molecule has 0 saturated carbocycles. The van der Waals surface area contributed by atoms with Crippen LogP contribution in [0, 0.1) is 12.7 Å². The highest BCUT2D eigenvalue weighted by atomic mass is 32.1. The monoisotopic (exact) mass is 358 g/mol. The number of hydrogen-bond acceptors (Lipinski definition) is 4. The molecule has 4 nitrogen and oxygen atoms in total. The van der Waals surface area contributed by atoms with E-state index in [2.05, 4.69) is 6.07 Å². The number of nitrogens with two attached hydrogens (primary N) is 1. The molecule has 0 unspecified atom stereocenters. The highest BCUT2D eigenvalue weighted by molar-refractivity contribution is 7.09. The van der Waals surface area contributed by atoms with Gasteiger partial charge in [0.2, 0.25) is 0 Å². The number of hydrogen-bond donors (Lipinski definition) is 1. The Kier molecular flexibility index (Phi) is 5.19. The average Bonchev–Trinajstić information content (AvgIpc) is 3.08. The van der Waals surface area contributed by atoms with E-state index in [1.54, 1.807) is 23.6 Å². The molecule has 6 heteroatoms. The Morgan fingerprint density at radius 1 is 1.28 bits per heavy atom. The lowest BCUT2D eigenvalue weighted by Crippen LogP contribution is -2.20. The zero-order valence-electron chi connectivity index (χ0n) is 13.9. The number of nitrogens with zero attached hydrogens (tertiary/aromatic N) is 1. The second-order valence-corrected chi connectivity index (χ2v) is 6.82. The molecule has 3 rings (SSSR count). The van der Waals surface area contributed by atoms with Crippen LogP contribution in [0.15, 0.2) is 52.8 Å². The molecule has 1 aromatic carbocycles. The molecule has 0 saturated heterocycles. The van der Waals surface area contributed by atoms with Crippen molar-refractivity contribution in [3.8, 4) is 5.75 Å². The van der Waals surface area contributed by atoms with Gasteiger partial charge >= 0.3 is 0 Å². The van der Waals surface area contributed by atoms with Crippen LogP contribution in [0.3, 0.4) is 0 Å². The summed E-state index contributed by atoms with van der Waals surface area (Å²) < 4.78 is 20.7. The molecule has 0 fully saturated rings. The van der Waals surface area contributed by atoms with Gasteiger partial charge in [0, 0.05) is 29.2 Å². The van der Waals surface area contributed by atoms with Gasteiger partial charge in [-0.2, -0.15) is 0 Å². The molecule has 2 N–H and O–H groups in total. The largest absolute Gasteiger partial charge is 0.493 e. The maximum Gasteiger partial charge on any atom is 0.254 e. The molecule has 25 heavy (non-hydrogen) atoms. The van der Waals surface area contributed by atoms with Crippen molar-refractivity contribution in [1.82, 2.24) is 4.57 Å². The van der Waals surface area contributed by atoms with Crippen molar-refractivity contribution in [3.63, 3.8) is 0 Å². The Morgan fingerprint density at radius 2 is 2.12 bits per heavy atom. The third kappa shape index (κ3) is 4.28. The molecule has 0 aliphatic rings. The molecule has 3 aromatic rings. The minimum atomic E-state index is -0.403. The maximum absolute atomic E-state index is 13.5. The zero-order chi connectivity index (χ0) is 17.8. The summed E-state index contributed by atoms with van der Waals surface area (Å²) >= 11 is 1.68. The van der Waals surface area contributed by atoms with Gasteiger partial charge in [-0.3, -0.25) is 4.79 Å². The third-order valence-corrected chi connectivity index (χ3v) is 4.96. The minimum absolute atomic E-state index is 0.198. The maximum atomic E-state index is 13.5. The normalized spacial score (nSPS) is 10.8. The Labute approximate surface area is 149 Å². The molecule has 0 aliphatic carbocycles. The Bertz CT molecular complexity index is 920. The van der Waals surface area contributed by atoms with E-state index in [0.717, 1.165) is 12.0 Å². The van der Waals surface area contributed by atoms with Gasteiger partial charge in [-0.05, 0) is 47.7 Å². The fraction of sp³-hybridized carbons (Fsp3) is 0.211. The van der Waals surface area contributed by atoms with Gasteiger partial charge in [-0.25, -0.2) is 4.39 Å². The lowest BCUT2D eigenvalue weighted by Gasteiger charge is -2.12. The smallest absolute Gasteiger partial charge is 0.254 e. The van der Waals surface area contributed by atoms with Gasteiger partial charge < -0.3 is 15.0 Å². The predicted octanol–water partition coefficient (Wildman–Crippen LogP) is 3.61. The van der Waals surface area contributed by atoms with Crippen molar-refractivity contribution in [3.05, 3.63) is 80.2 Å². The van der Waals surface area contributed by atoms with Crippen molar-refractivity contribution in [2.24, 2.45) is 0 Å². The number of aromatic nitrogens is 1. The standard InChI is InChI=1S/C19H19FN2O2S/c1-13-14(9-15(20)10-18(13)21)12-22-6-4-16(11-19(22)23)24-7-5-17-3-2-8-25-17/h2-4,6,8-11H,5,7,12,21H2,1H3. The van der Waals surface area contributed by atoms with Gasteiger partial charge in [0.25, 0.3) is 5.56 Å². The summed E-state index contributed by atoms with van der Waals surface area (Å²) in [6.45, 7) is 2.60. The quantitative estimate of drug-likeness (QED) is 0.685. The van der Waals surface area contributed by atoms with Crippen LogP contribution in [-0.2, 0) is 13.0 Å². The van der Waals surface area contributed by atoms with Crippen molar-refractivity contribution in [2.75, 3.05) is 12.3 Å². The summed E-state index contributed by atoms with van der Waals surface area (Å²) in [5.41, 5.74) is 7.44. The zero-order valence-corrected chi connectivity index (χ0v) is 14.7. The first-order valence-electron chi connectivity index (χ1n) is 7.93. The minimum Gasteiger partial charge on any atom is -0.493 e. The molecule has 0 spiro atoms. The molecule has 2 aromatic heterocycles. The van der Waals surface area contributed by atoms with Crippen molar-refractivity contribution < 1.29 is 9.13 Å². The molecule has 2 heterocycles. The van der Waals surface area contributed by atoms with Crippen LogP contribution in [0.1, 0.15) is 16.0 Å². The number of pyridine rings is 1. The highest BCUT2D eigenvalue weighted by Crippen LogP contribution is 2.19. The van der Waals surface area contributed by atoms with E-state index in [0.29, 0.717) is 23.6 Å². The van der Waals surface area contributed by atoms with Crippen molar-refractivity contribution >= 4 is 17.0 Å². The second-order valence-electron chi connectivity index (χ2n) is 5.79. The van der Waals surface area contributed by atoms with Crippen LogP contribution in [0.4, 0.5) is 10.1 Å². The first kappa shape index (κ1) is 17.2. The summed E-state index contributed by atoms with van der Waals surface area (Å²) in [6, 6.07) is 9.94. The fourth-order valence-corrected chi connectivity index (χ4v) is 3.23. The first-order chi connectivity index (χ1) is 12.0. The van der Waals surface area contributed by atoms with Crippen LogP contribution in [0.5, 0.6) is 5.75 Å². The van der Waals surface area contributed by atoms with Gasteiger partial charge in [0.05, 0.1) is 13.2 Å². The Morgan fingerprint density at radius 3 is 2.84 bits per heavy atom. The molecule has 0 amide bonds. The summed E-state index contributed by atoms with van der Waals surface area (Å²) in [5.74, 6) is 0.132. The van der Waals surface area contributed by atoms with Crippen LogP contribution in [0.2, 0.25) is 0 Å². The van der Waals surface area contributed by atoms with Gasteiger partial charge in [0.15, 0.2) is 0 Å². The van der Waals surface area contributed by atoms with Crippen LogP contribution in [-0.4, -0.2) is 11.2 Å². The average molecular weight is 358 g/mol. The topological polar surface area (TPSA) is 57.2 Å². The molecule has 0 atom stereocenters. The van der Waals surface area contributed by atoms with Crippen molar-refractivity contribution in [2.45, 2.75) is 19.9 Å². The molecular weight excluding hydrogens is 339 g/mol. The summed E-state index contributed by atoms with van der Waals surface area (Å²) in [5, 5.41) is 2.03. The van der Waals surface area contributed by atoms with Crippen LogP contribution >= 0.6 is 11.3 Å². The van der Waals surface area contributed by atoms with Gasteiger partial charge in [-0.1, -0.05) is 6.07 Å². The Balaban J connectivity index is 1.69. The number of halogens is 1. The lowest BCUT2D eigenvalue weighted by atomic mass is 10.1. The molecule has 0 bridgehead atoms. The fourth-order valence-electron chi connectivity index (χ4n) is 2.54.